The van der Waals surface area contributed by atoms with Crippen molar-refractivity contribution in [3.05, 3.63) is 0 Å². The van der Waals surface area contributed by atoms with Gasteiger partial charge >= 0.3 is 11.9 Å². The predicted octanol–water partition coefficient (Wildman–Crippen LogP) is 5.96. The fourth-order valence-corrected chi connectivity index (χ4v) is 2.67. The fourth-order valence-electron chi connectivity index (χ4n) is 2.67. The lowest BCUT2D eigenvalue weighted by Crippen LogP contribution is -2.14. The van der Waals surface area contributed by atoms with E-state index >= 15 is 0 Å². The van der Waals surface area contributed by atoms with Gasteiger partial charge in [-0.2, -0.15) is 0 Å². The van der Waals surface area contributed by atoms with Gasteiger partial charge < -0.3 is 9.47 Å². The van der Waals surface area contributed by atoms with E-state index in [1.54, 1.807) is 0 Å². The summed E-state index contributed by atoms with van der Waals surface area (Å²) >= 11 is 0. The Morgan fingerprint density at radius 1 is 0.720 bits per heavy atom. The zero-order valence-corrected chi connectivity index (χ0v) is 16.8. The molecule has 0 aliphatic heterocycles. The van der Waals surface area contributed by atoms with Crippen molar-refractivity contribution in [2.45, 2.75) is 117 Å². The number of esters is 2. The highest BCUT2D eigenvalue weighted by molar-refractivity contribution is 5.69. The Hall–Kier alpha value is -1.06. The van der Waals surface area contributed by atoms with E-state index in [0.29, 0.717) is 19.4 Å². The molecule has 1 atom stereocenters. The van der Waals surface area contributed by atoms with E-state index in [1.807, 2.05) is 6.92 Å². The maximum atomic E-state index is 11.7. The van der Waals surface area contributed by atoms with E-state index in [2.05, 4.69) is 13.8 Å². The first-order valence-corrected chi connectivity index (χ1v) is 10.4. The van der Waals surface area contributed by atoms with Gasteiger partial charge in [-0.15, -0.1) is 0 Å². The van der Waals surface area contributed by atoms with Crippen molar-refractivity contribution in [2.75, 3.05) is 6.61 Å². The van der Waals surface area contributed by atoms with Crippen LogP contribution in [-0.2, 0) is 19.1 Å². The standard InChI is InChI=1S/C21H40O4/c1-4-6-12-15-19(3)25-21(23)17-14-11-9-8-10-13-16-20(22)24-18-7-5-2/h19H,4-18H2,1-3H3. The van der Waals surface area contributed by atoms with Crippen LogP contribution in [0.15, 0.2) is 0 Å². The van der Waals surface area contributed by atoms with E-state index in [0.717, 1.165) is 64.2 Å². The van der Waals surface area contributed by atoms with Gasteiger partial charge in [0.1, 0.15) is 0 Å². The summed E-state index contributed by atoms with van der Waals surface area (Å²) in [5.41, 5.74) is 0. The molecule has 0 heterocycles. The molecule has 4 heteroatoms. The average molecular weight is 357 g/mol. The number of rotatable bonds is 17. The molecule has 0 bridgehead atoms. The monoisotopic (exact) mass is 356 g/mol. The minimum Gasteiger partial charge on any atom is -0.466 e. The third-order valence-electron chi connectivity index (χ3n) is 4.32. The highest BCUT2D eigenvalue weighted by atomic mass is 16.5. The molecule has 4 nitrogen and oxygen atoms in total. The summed E-state index contributed by atoms with van der Waals surface area (Å²) in [5, 5.41) is 0. The van der Waals surface area contributed by atoms with Gasteiger partial charge in [0, 0.05) is 12.8 Å². The predicted molar refractivity (Wildman–Crippen MR) is 102 cm³/mol. The molecule has 0 saturated heterocycles. The first kappa shape index (κ1) is 23.9. The maximum absolute atomic E-state index is 11.7. The summed E-state index contributed by atoms with van der Waals surface area (Å²) in [4.78, 5) is 23.2. The quantitative estimate of drug-likeness (QED) is 0.238. The second-order valence-electron chi connectivity index (χ2n) is 6.99. The Morgan fingerprint density at radius 3 is 1.88 bits per heavy atom. The number of hydrogen-bond acceptors (Lipinski definition) is 4. The van der Waals surface area contributed by atoms with E-state index in [4.69, 9.17) is 9.47 Å². The van der Waals surface area contributed by atoms with Crippen molar-refractivity contribution in [2.24, 2.45) is 0 Å². The second kappa shape index (κ2) is 17.8. The van der Waals surface area contributed by atoms with Crippen LogP contribution in [0, 0.1) is 0 Å². The fraction of sp³-hybridized carbons (Fsp3) is 0.905. The largest absolute Gasteiger partial charge is 0.466 e. The van der Waals surface area contributed by atoms with Crippen LogP contribution in [0.3, 0.4) is 0 Å². The summed E-state index contributed by atoms with van der Waals surface area (Å²) in [6.07, 6.45) is 13.8. The van der Waals surface area contributed by atoms with Crippen LogP contribution >= 0.6 is 0 Å². The summed E-state index contributed by atoms with van der Waals surface area (Å²) in [6.45, 7) is 6.81. The van der Waals surface area contributed by atoms with Crippen molar-refractivity contribution in [1.29, 1.82) is 0 Å². The molecule has 0 aliphatic rings. The maximum Gasteiger partial charge on any atom is 0.306 e. The van der Waals surface area contributed by atoms with Crippen LogP contribution in [0.1, 0.15) is 111 Å². The summed E-state index contributed by atoms with van der Waals surface area (Å²) in [5.74, 6) is -0.122. The van der Waals surface area contributed by atoms with E-state index in [1.165, 1.54) is 12.8 Å². The highest BCUT2D eigenvalue weighted by Gasteiger charge is 2.08. The van der Waals surface area contributed by atoms with Crippen LogP contribution in [0.25, 0.3) is 0 Å². The Bertz CT molecular complexity index is 328. The van der Waals surface area contributed by atoms with Crippen LogP contribution in [-0.4, -0.2) is 24.6 Å². The van der Waals surface area contributed by atoms with E-state index < -0.39 is 0 Å². The molecule has 0 spiro atoms. The van der Waals surface area contributed by atoms with Crippen molar-refractivity contribution in [3.8, 4) is 0 Å². The summed E-state index contributed by atoms with van der Waals surface area (Å²) in [6, 6.07) is 0. The average Bonchev–Trinajstić information content (AvgIpc) is 2.57. The molecule has 0 aliphatic carbocycles. The molecule has 0 N–H and O–H groups in total. The van der Waals surface area contributed by atoms with E-state index in [-0.39, 0.29) is 18.0 Å². The van der Waals surface area contributed by atoms with Crippen molar-refractivity contribution in [3.63, 3.8) is 0 Å². The molecule has 148 valence electrons. The van der Waals surface area contributed by atoms with Gasteiger partial charge in [-0.3, -0.25) is 9.59 Å². The van der Waals surface area contributed by atoms with Gasteiger partial charge in [-0.05, 0) is 39.0 Å². The Kier molecular flexibility index (Phi) is 17.0. The second-order valence-corrected chi connectivity index (χ2v) is 6.99. The zero-order chi connectivity index (χ0) is 18.8. The number of carbonyl (C=O) groups is 2. The normalized spacial score (nSPS) is 12.0. The SMILES string of the molecule is CCCCCC(C)OC(=O)CCCCCCCCC(=O)OCCCC. The zero-order valence-electron chi connectivity index (χ0n) is 16.8. The third-order valence-corrected chi connectivity index (χ3v) is 4.32. The van der Waals surface area contributed by atoms with Gasteiger partial charge in [0.25, 0.3) is 0 Å². The van der Waals surface area contributed by atoms with Crippen molar-refractivity contribution >= 4 is 11.9 Å². The molecule has 0 fully saturated rings. The number of ether oxygens (including phenoxy) is 2. The smallest absolute Gasteiger partial charge is 0.306 e. The Balaban J connectivity index is 3.37. The molecular formula is C21H40O4. The first-order chi connectivity index (χ1) is 12.1. The van der Waals surface area contributed by atoms with Crippen LogP contribution in [0.5, 0.6) is 0 Å². The molecule has 0 saturated carbocycles. The number of unbranched alkanes of at least 4 members (excludes halogenated alkanes) is 8. The third kappa shape index (κ3) is 17.6. The Labute approximate surface area is 155 Å². The molecule has 0 rings (SSSR count). The van der Waals surface area contributed by atoms with Crippen LogP contribution in [0.2, 0.25) is 0 Å². The minimum absolute atomic E-state index is 0.0520. The molecule has 0 radical (unpaired) electrons. The van der Waals surface area contributed by atoms with E-state index in [9.17, 15) is 9.59 Å². The molecule has 0 aromatic rings. The molecule has 0 aromatic heterocycles. The van der Waals surface area contributed by atoms with Gasteiger partial charge in [-0.1, -0.05) is 58.8 Å². The van der Waals surface area contributed by atoms with Crippen molar-refractivity contribution < 1.29 is 19.1 Å². The molecule has 0 aromatic carbocycles. The van der Waals surface area contributed by atoms with Crippen LogP contribution in [0.4, 0.5) is 0 Å². The topological polar surface area (TPSA) is 52.6 Å². The lowest BCUT2D eigenvalue weighted by molar-refractivity contribution is -0.148. The highest BCUT2D eigenvalue weighted by Crippen LogP contribution is 2.11. The lowest BCUT2D eigenvalue weighted by atomic mass is 10.1. The molecule has 0 amide bonds. The molecule has 25 heavy (non-hydrogen) atoms. The van der Waals surface area contributed by atoms with Gasteiger partial charge in [0.05, 0.1) is 12.7 Å². The summed E-state index contributed by atoms with van der Waals surface area (Å²) in [7, 11) is 0. The Morgan fingerprint density at radius 2 is 1.28 bits per heavy atom. The van der Waals surface area contributed by atoms with Gasteiger partial charge in [0.2, 0.25) is 0 Å². The molecular weight excluding hydrogens is 316 g/mol. The van der Waals surface area contributed by atoms with Crippen molar-refractivity contribution in [1.82, 2.24) is 0 Å². The van der Waals surface area contributed by atoms with Crippen LogP contribution < -0.4 is 0 Å². The first-order valence-electron chi connectivity index (χ1n) is 10.4. The number of carbonyl (C=O) groups excluding carboxylic acids is 2. The van der Waals surface area contributed by atoms with Gasteiger partial charge in [0.15, 0.2) is 0 Å². The van der Waals surface area contributed by atoms with Gasteiger partial charge in [-0.25, -0.2) is 0 Å². The lowest BCUT2D eigenvalue weighted by Gasteiger charge is -2.12. The number of hydrogen-bond donors (Lipinski definition) is 0. The molecule has 1 unspecified atom stereocenters. The minimum atomic E-state index is -0.0655. The summed E-state index contributed by atoms with van der Waals surface area (Å²) < 4.78 is 10.5.